The first-order valence-electron chi connectivity index (χ1n) is 3.68. The lowest BCUT2D eigenvalue weighted by Gasteiger charge is -2.08. The fourth-order valence-electron chi connectivity index (χ4n) is 1.08. The van der Waals surface area contributed by atoms with Crippen molar-refractivity contribution in [2.24, 2.45) is 5.73 Å². The second kappa shape index (κ2) is 3.65. The van der Waals surface area contributed by atoms with E-state index in [4.69, 9.17) is 5.73 Å². The van der Waals surface area contributed by atoms with Crippen LogP contribution in [0.5, 0.6) is 0 Å². The van der Waals surface area contributed by atoms with Gasteiger partial charge in [0.2, 0.25) is 5.95 Å². The molecule has 1 heterocycles. The molecule has 14 heavy (non-hydrogen) atoms. The summed E-state index contributed by atoms with van der Waals surface area (Å²) in [7, 11) is 0. The van der Waals surface area contributed by atoms with Gasteiger partial charge in [-0.2, -0.15) is 4.39 Å². The van der Waals surface area contributed by atoms with Crippen molar-refractivity contribution in [3.63, 3.8) is 0 Å². The summed E-state index contributed by atoms with van der Waals surface area (Å²) in [5.74, 6) is -2.07. The normalized spacial score (nSPS) is 10.6. The zero-order chi connectivity index (χ0) is 10.9. The molecule has 0 saturated heterocycles. The summed E-state index contributed by atoms with van der Waals surface area (Å²) in [6, 6.07) is 0. The lowest BCUT2D eigenvalue weighted by Crippen LogP contribution is -2.16. The fraction of sp³-hybridized carbons (Fsp3) is 0.250. The maximum absolute atomic E-state index is 12.8. The third-order valence-corrected chi connectivity index (χ3v) is 1.79. The maximum atomic E-state index is 12.8. The molecule has 1 amide bonds. The minimum absolute atomic E-state index is 0.351. The molecule has 0 radical (unpaired) electrons. The van der Waals surface area contributed by atoms with Crippen molar-refractivity contribution >= 4 is 5.91 Å². The van der Waals surface area contributed by atoms with Crippen LogP contribution in [0.1, 0.15) is 27.9 Å². The summed E-state index contributed by atoms with van der Waals surface area (Å²) >= 11 is 0. The van der Waals surface area contributed by atoms with E-state index in [0.29, 0.717) is 6.20 Å². The van der Waals surface area contributed by atoms with Crippen molar-refractivity contribution < 1.29 is 18.0 Å². The van der Waals surface area contributed by atoms with Crippen LogP contribution < -0.4 is 5.73 Å². The van der Waals surface area contributed by atoms with Crippen molar-refractivity contribution in [2.75, 3.05) is 0 Å². The van der Waals surface area contributed by atoms with Gasteiger partial charge in [0.1, 0.15) is 0 Å². The minimum Gasteiger partial charge on any atom is -0.366 e. The molecule has 0 unspecified atom stereocenters. The number of primary amides is 1. The van der Waals surface area contributed by atoms with Crippen LogP contribution in [0.3, 0.4) is 0 Å². The van der Waals surface area contributed by atoms with Crippen LogP contribution >= 0.6 is 0 Å². The molecular formula is C8H7F3N2O. The van der Waals surface area contributed by atoms with E-state index in [-0.39, 0.29) is 5.56 Å². The van der Waals surface area contributed by atoms with Gasteiger partial charge in [0.15, 0.2) is 0 Å². The van der Waals surface area contributed by atoms with Crippen LogP contribution in [-0.2, 0) is 0 Å². The van der Waals surface area contributed by atoms with Crippen molar-refractivity contribution in [1.29, 1.82) is 0 Å². The summed E-state index contributed by atoms with van der Waals surface area (Å²) in [5, 5.41) is 0. The van der Waals surface area contributed by atoms with E-state index >= 15 is 0 Å². The predicted octanol–water partition coefficient (Wildman–Crippen LogP) is 1.57. The summed E-state index contributed by atoms with van der Waals surface area (Å²) < 4.78 is 37.6. The minimum atomic E-state index is -2.95. The molecule has 76 valence electrons. The zero-order valence-electron chi connectivity index (χ0n) is 7.22. The highest BCUT2D eigenvalue weighted by Gasteiger charge is 2.22. The summed E-state index contributed by atoms with van der Waals surface area (Å²) in [5.41, 5.74) is 3.35. The van der Waals surface area contributed by atoms with Gasteiger partial charge in [-0.25, -0.2) is 13.8 Å². The number of aromatic nitrogens is 1. The van der Waals surface area contributed by atoms with Crippen molar-refractivity contribution in [3.05, 3.63) is 28.8 Å². The van der Waals surface area contributed by atoms with E-state index in [1.807, 2.05) is 0 Å². The van der Waals surface area contributed by atoms with E-state index in [9.17, 15) is 18.0 Å². The Hall–Kier alpha value is -1.59. The standard InChI is InChI=1S/C8H7F3N2O/c1-3-5(6(9)10)4(8(12)14)2-13-7(3)11/h2,6H,1H3,(H2,12,14). The van der Waals surface area contributed by atoms with Gasteiger partial charge < -0.3 is 5.73 Å². The van der Waals surface area contributed by atoms with Crippen molar-refractivity contribution in [2.45, 2.75) is 13.3 Å². The first kappa shape index (κ1) is 10.5. The Morgan fingerprint density at radius 3 is 2.57 bits per heavy atom. The lowest BCUT2D eigenvalue weighted by atomic mass is 10.1. The van der Waals surface area contributed by atoms with Gasteiger partial charge in [0, 0.05) is 17.3 Å². The molecule has 0 atom stereocenters. The van der Waals surface area contributed by atoms with Crippen LogP contribution in [0, 0.1) is 12.9 Å². The van der Waals surface area contributed by atoms with Crippen LogP contribution in [0.25, 0.3) is 0 Å². The lowest BCUT2D eigenvalue weighted by molar-refractivity contribution is 0.0984. The average molecular weight is 204 g/mol. The topological polar surface area (TPSA) is 56.0 Å². The highest BCUT2D eigenvalue weighted by atomic mass is 19.3. The van der Waals surface area contributed by atoms with Gasteiger partial charge >= 0.3 is 0 Å². The smallest absolute Gasteiger partial charge is 0.265 e. The fourth-order valence-corrected chi connectivity index (χ4v) is 1.08. The van der Waals surface area contributed by atoms with Gasteiger partial charge in [-0.1, -0.05) is 0 Å². The number of carbonyl (C=O) groups is 1. The van der Waals surface area contributed by atoms with Gasteiger partial charge in [-0.3, -0.25) is 4.79 Å². The van der Waals surface area contributed by atoms with E-state index in [2.05, 4.69) is 4.98 Å². The quantitative estimate of drug-likeness (QED) is 0.743. The van der Waals surface area contributed by atoms with Gasteiger partial charge in [0.05, 0.1) is 5.56 Å². The molecule has 1 aromatic rings. The van der Waals surface area contributed by atoms with Crippen LogP contribution in [0.4, 0.5) is 13.2 Å². The summed E-state index contributed by atoms with van der Waals surface area (Å²) in [4.78, 5) is 13.9. The molecule has 1 aromatic heterocycles. The molecule has 2 N–H and O–H groups in total. The van der Waals surface area contributed by atoms with Crippen molar-refractivity contribution in [1.82, 2.24) is 4.98 Å². The molecule has 1 rings (SSSR count). The van der Waals surface area contributed by atoms with Crippen LogP contribution in [0.15, 0.2) is 6.20 Å². The van der Waals surface area contributed by atoms with E-state index in [0.717, 1.165) is 6.92 Å². The van der Waals surface area contributed by atoms with E-state index < -0.39 is 29.4 Å². The molecule has 0 spiro atoms. The molecule has 0 fully saturated rings. The highest BCUT2D eigenvalue weighted by Crippen LogP contribution is 2.26. The Kier molecular flexibility index (Phi) is 2.73. The molecule has 0 aromatic carbocycles. The molecule has 0 aliphatic rings. The predicted molar refractivity (Wildman–Crippen MR) is 42.4 cm³/mol. The Bertz CT molecular complexity index is 379. The first-order chi connectivity index (χ1) is 6.45. The number of rotatable bonds is 2. The second-order valence-corrected chi connectivity index (χ2v) is 2.67. The molecule has 3 nitrogen and oxygen atoms in total. The highest BCUT2D eigenvalue weighted by molar-refractivity contribution is 5.94. The van der Waals surface area contributed by atoms with Crippen LogP contribution in [-0.4, -0.2) is 10.9 Å². The number of nitrogens with zero attached hydrogens (tertiary/aromatic N) is 1. The Morgan fingerprint density at radius 1 is 1.57 bits per heavy atom. The number of alkyl halides is 2. The molecule has 6 heteroatoms. The monoisotopic (exact) mass is 204 g/mol. The molecular weight excluding hydrogens is 197 g/mol. The number of pyridine rings is 1. The zero-order valence-corrected chi connectivity index (χ0v) is 7.22. The summed E-state index contributed by atoms with van der Waals surface area (Å²) in [6.45, 7) is 1.12. The maximum Gasteiger partial charge on any atom is 0.265 e. The molecule has 0 saturated carbocycles. The molecule has 0 aliphatic carbocycles. The molecule has 0 bridgehead atoms. The third kappa shape index (κ3) is 1.68. The largest absolute Gasteiger partial charge is 0.366 e. The SMILES string of the molecule is Cc1c(F)ncc(C(N)=O)c1C(F)F. The number of nitrogens with two attached hydrogens (primary N) is 1. The number of hydrogen-bond donors (Lipinski definition) is 1. The number of halogens is 3. The number of carbonyl (C=O) groups excluding carboxylic acids is 1. The molecule has 0 aliphatic heterocycles. The van der Waals surface area contributed by atoms with E-state index in [1.54, 1.807) is 0 Å². The van der Waals surface area contributed by atoms with Gasteiger partial charge in [-0.15, -0.1) is 0 Å². The second-order valence-electron chi connectivity index (χ2n) is 2.67. The summed E-state index contributed by atoms with van der Waals surface area (Å²) in [6.07, 6.45) is -2.23. The Labute approximate surface area is 77.7 Å². The number of amides is 1. The number of hydrogen-bond acceptors (Lipinski definition) is 2. The average Bonchev–Trinajstić information content (AvgIpc) is 2.08. The first-order valence-corrected chi connectivity index (χ1v) is 3.68. The Morgan fingerprint density at radius 2 is 2.14 bits per heavy atom. The Balaban J connectivity index is 3.45. The van der Waals surface area contributed by atoms with Gasteiger partial charge in [0.25, 0.3) is 12.3 Å². The van der Waals surface area contributed by atoms with Crippen LogP contribution in [0.2, 0.25) is 0 Å². The van der Waals surface area contributed by atoms with Crippen molar-refractivity contribution in [3.8, 4) is 0 Å². The third-order valence-electron chi connectivity index (χ3n) is 1.79. The van der Waals surface area contributed by atoms with E-state index in [1.165, 1.54) is 0 Å². The van der Waals surface area contributed by atoms with Gasteiger partial charge in [-0.05, 0) is 6.92 Å².